The standard InChI is InChI=1S/C20H19FN4O4/c1-24(2)20-23-17(16(19(27)28)25(20)13-7-5-4-6-8-13)22-18(26)14-10-9-12(21)11-15(14)29-3/h4-11H,1-3H3,(H,22,26)(H,27,28). The first-order chi connectivity index (χ1) is 13.8. The number of amides is 1. The van der Waals surface area contributed by atoms with Crippen LogP contribution in [0, 0.1) is 5.82 Å². The average Bonchev–Trinajstić information content (AvgIpc) is 3.08. The lowest BCUT2D eigenvalue weighted by Gasteiger charge is -2.15. The molecule has 2 aromatic carbocycles. The first-order valence-electron chi connectivity index (χ1n) is 8.57. The maximum absolute atomic E-state index is 13.4. The van der Waals surface area contributed by atoms with Gasteiger partial charge in [-0.2, -0.15) is 4.98 Å². The van der Waals surface area contributed by atoms with Gasteiger partial charge < -0.3 is 20.1 Å². The molecule has 0 aliphatic rings. The summed E-state index contributed by atoms with van der Waals surface area (Å²) in [5, 5.41) is 12.3. The Morgan fingerprint density at radius 2 is 1.86 bits per heavy atom. The molecular formula is C20H19FN4O4. The van der Waals surface area contributed by atoms with E-state index in [1.165, 1.54) is 17.7 Å². The highest BCUT2D eigenvalue weighted by atomic mass is 19.1. The van der Waals surface area contributed by atoms with Gasteiger partial charge >= 0.3 is 5.97 Å². The van der Waals surface area contributed by atoms with Gasteiger partial charge in [0.1, 0.15) is 11.6 Å². The van der Waals surface area contributed by atoms with Crippen LogP contribution in [0.5, 0.6) is 5.75 Å². The van der Waals surface area contributed by atoms with E-state index in [4.69, 9.17) is 4.74 Å². The van der Waals surface area contributed by atoms with Crippen LogP contribution in [0.3, 0.4) is 0 Å². The quantitative estimate of drug-likeness (QED) is 0.663. The molecule has 2 N–H and O–H groups in total. The molecule has 3 aromatic rings. The molecule has 1 heterocycles. The first kappa shape index (κ1) is 19.9. The van der Waals surface area contributed by atoms with Crippen molar-refractivity contribution in [1.82, 2.24) is 9.55 Å². The van der Waals surface area contributed by atoms with E-state index < -0.39 is 17.7 Å². The Kier molecular flexibility index (Phi) is 5.49. The van der Waals surface area contributed by atoms with Crippen LogP contribution in [-0.4, -0.2) is 47.7 Å². The zero-order valence-corrected chi connectivity index (χ0v) is 16.0. The van der Waals surface area contributed by atoms with Crippen molar-refractivity contribution in [1.29, 1.82) is 0 Å². The number of aromatic nitrogens is 2. The molecule has 1 aromatic heterocycles. The van der Waals surface area contributed by atoms with Crippen LogP contribution in [0.4, 0.5) is 16.2 Å². The van der Waals surface area contributed by atoms with Gasteiger partial charge in [-0.3, -0.25) is 9.36 Å². The normalized spacial score (nSPS) is 10.5. The number of ether oxygens (including phenoxy) is 1. The highest BCUT2D eigenvalue weighted by Crippen LogP contribution is 2.28. The van der Waals surface area contributed by atoms with Crippen LogP contribution >= 0.6 is 0 Å². The number of nitrogens with zero attached hydrogens (tertiary/aromatic N) is 3. The second-order valence-corrected chi connectivity index (χ2v) is 6.28. The number of benzene rings is 2. The number of carbonyl (C=O) groups is 2. The lowest BCUT2D eigenvalue weighted by Crippen LogP contribution is -2.18. The Morgan fingerprint density at radius 1 is 1.17 bits per heavy atom. The third kappa shape index (κ3) is 3.88. The monoisotopic (exact) mass is 398 g/mol. The van der Waals surface area contributed by atoms with Crippen molar-refractivity contribution in [3.8, 4) is 11.4 Å². The molecule has 0 saturated carbocycles. The van der Waals surface area contributed by atoms with Crippen molar-refractivity contribution >= 4 is 23.6 Å². The van der Waals surface area contributed by atoms with E-state index >= 15 is 0 Å². The first-order valence-corrected chi connectivity index (χ1v) is 8.57. The van der Waals surface area contributed by atoms with Gasteiger partial charge in [0.25, 0.3) is 5.91 Å². The van der Waals surface area contributed by atoms with E-state index in [1.807, 2.05) is 0 Å². The molecule has 0 aliphatic carbocycles. The number of carbonyl (C=O) groups excluding carboxylic acids is 1. The number of hydrogen-bond acceptors (Lipinski definition) is 5. The number of para-hydroxylation sites is 1. The molecule has 0 saturated heterocycles. The fourth-order valence-electron chi connectivity index (χ4n) is 2.84. The molecule has 3 rings (SSSR count). The van der Waals surface area contributed by atoms with Crippen LogP contribution in [-0.2, 0) is 0 Å². The largest absolute Gasteiger partial charge is 0.496 e. The molecule has 0 spiro atoms. The molecule has 0 bridgehead atoms. The van der Waals surface area contributed by atoms with Gasteiger partial charge in [0.2, 0.25) is 5.95 Å². The fourth-order valence-corrected chi connectivity index (χ4v) is 2.84. The molecule has 9 heteroatoms. The topological polar surface area (TPSA) is 96.7 Å². The Morgan fingerprint density at radius 3 is 2.45 bits per heavy atom. The smallest absolute Gasteiger partial charge is 0.356 e. The van der Waals surface area contributed by atoms with Crippen molar-refractivity contribution in [3.63, 3.8) is 0 Å². The summed E-state index contributed by atoms with van der Waals surface area (Å²) >= 11 is 0. The van der Waals surface area contributed by atoms with Crippen LogP contribution in [0.1, 0.15) is 20.8 Å². The Bertz CT molecular complexity index is 1060. The van der Waals surface area contributed by atoms with Gasteiger partial charge in [-0.05, 0) is 24.3 Å². The van der Waals surface area contributed by atoms with Crippen LogP contribution in [0.15, 0.2) is 48.5 Å². The van der Waals surface area contributed by atoms with Crippen LogP contribution in [0.2, 0.25) is 0 Å². The van der Waals surface area contributed by atoms with Gasteiger partial charge in [-0.1, -0.05) is 18.2 Å². The highest BCUT2D eigenvalue weighted by molar-refractivity contribution is 6.08. The summed E-state index contributed by atoms with van der Waals surface area (Å²) < 4.78 is 19.9. The Hall–Kier alpha value is -3.88. The zero-order valence-electron chi connectivity index (χ0n) is 16.0. The molecule has 1 amide bonds. The number of halogens is 1. The molecular weight excluding hydrogens is 379 g/mol. The molecule has 0 fully saturated rings. The van der Waals surface area contributed by atoms with Crippen LogP contribution in [0.25, 0.3) is 5.69 Å². The third-order valence-corrected chi connectivity index (χ3v) is 4.12. The minimum atomic E-state index is -1.27. The van der Waals surface area contributed by atoms with Crippen molar-refractivity contribution in [2.75, 3.05) is 31.4 Å². The van der Waals surface area contributed by atoms with Gasteiger partial charge in [0.15, 0.2) is 11.5 Å². The van der Waals surface area contributed by atoms with E-state index in [1.54, 1.807) is 49.3 Å². The maximum Gasteiger partial charge on any atom is 0.356 e. The molecule has 0 unspecified atom stereocenters. The molecule has 0 radical (unpaired) electrons. The van der Waals surface area contributed by atoms with Gasteiger partial charge in [-0.15, -0.1) is 0 Å². The average molecular weight is 398 g/mol. The number of anilines is 2. The predicted molar refractivity (Wildman–Crippen MR) is 106 cm³/mol. The molecule has 29 heavy (non-hydrogen) atoms. The lowest BCUT2D eigenvalue weighted by atomic mass is 10.2. The van der Waals surface area contributed by atoms with E-state index in [9.17, 15) is 19.1 Å². The van der Waals surface area contributed by atoms with Gasteiger partial charge in [-0.25, -0.2) is 9.18 Å². The summed E-state index contributed by atoms with van der Waals surface area (Å²) in [5.74, 6) is -2.30. The number of aromatic carboxylic acids is 1. The summed E-state index contributed by atoms with van der Waals surface area (Å²) in [7, 11) is 4.73. The number of nitrogens with one attached hydrogen (secondary N) is 1. The molecule has 0 atom stereocenters. The fraction of sp³-hybridized carbons (Fsp3) is 0.150. The summed E-state index contributed by atoms with van der Waals surface area (Å²) in [6.45, 7) is 0. The molecule has 8 nitrogen and oxygen atoms in total. The predicted octanol–water partition coefficient (Wildman–Crippen LogP) is 3.04. The van der Waals surface area contributed by atoms with Crippen molar-refractivity contribution in [3.05, 3.63) is 65.6 Å². The Balaban J connectivity index is 2.11. The van der Waals surface area contributed by atoms with Crippen LogP contribution < -0.4 is 15.0 Å². The van der Waals surface area contributed by atoms with Crippen molar-refractivity contribution in [2.24, 2.45) is 0 Å². The summed E-state index contributed by atoms with van der Waals surface area (Å²) in [6, 6.07) is 12.2. The number of carboxylic acid groups (broad SMARTS) is 1. The number of imidazole rings is 1. The lowest BCUT2D eigenvalue weighted by molar-refractivity contribution is 0.0689. The molecule has 0 aliphatic heterocycles. The van der Waals surface area contributed by atoms with Crippen molar-refractivity contribution < 1.29 is 23.8 Å². The van der Waals surface area contributed by atoms with E-state index in [2.05, 4.69) is 10.3 Å². The second-order valence-electron chi connectivity index (χ2n) is 6.28. The van der Waals surface area contributed by atoms with Gasteiger partial charge in [0, 0.05) is 25.8 Å². The summed E-state index contributed by atoms with van der Waals surface area (Å²) in [4.78, 5) is 30.7. The number of hydrogen-bond donors (Lipinski definition) is 2. The SMILES string of the molecule is COc1cc(F)ccc1C(=O)Nc1nc(N(C)C)n(-c2ccccc2)c1C(=O)O. The second kappa shape index (κ2) is 8.01. The van der Waals surface area contributed by atoms with Gasteiger partial charge in [0.05, 0.1) is 12.7 Å². The zero-order chi connectivity index (χ0) is 21.1. The molecule has 150 valence electrons. The third-order valence-electron chi connectivity index (χ3n) is 4.12. The summed E-state index contributed by atoms with van der Waals surface area (Å²) in [5.41, 5.74) is 0.404. The van der Waals surface area contributed by atoms with E-state index in [-0.39, 0.29) is 22.8 Å². The van der Waals surface area contributed by atoms with Crippen molar-refractivity contribution in [2.45, 2.75) is 0 Å². The maximum atomic E-state index is 13.4. The number of carboxylic acids is 1. The van der Waals surface area contributed by atoms with E-state index in [0.717, 1.165) is 12.1 Å². The minimum absolute atomic E-state index is 0.0229. The number of rotatable bonds is 6. The minimum Gasteiger partial charge on any atom is -0.496 e. The highest BCUT2D eigenvalue weighted by Gasteiger charge is 2.27. The van der Waals surface area contributed by atoms with E-state index in [0.29, 0.717) is 11.6 Å². The Labute approximate surface area is 166 Å². The number of methoxy groups -OCH3 is 1. The summed E-state index contributed by atoms with van der Waals surface area (Å²) in [6.07, 6.45) is 0.